The Morgan fingerprint density at radius 3 is 2.17 bits per heavy atom. The van der Waals surface area contributed by atoms with Crippen molar-refractivity contribution < 1.29 is 19.2 Å². The van der Waals surface area contributed by atoms with Crippen molar-refractivity contribution in [3.8, 4) is 0 Å². The molecular weight excluding hydrogens is 324 g/mol. The maximum absolute atomic E-state index is 12.5. The summed E-state index contributed by atoms with van der Waals surface area (Å²) in [4.78, 5) is 14.1. The standard InChI is InChI=1S/C17H34N2O4Si/c1-12(18-21)14-13(23-24(8,9)17(5,6)7)10-11-19(14)15(20)22-16(2,3)4/h13-14,21H,10-11H2,1-9H3. The van der Waals surface area contributed by atoms with Crippen molar-refractivity contribution >= 4 is 20.1 Å². The molecule has 24 heavy (non-hydrogen) atoms. The Morgan fingerprint density at radius 1 is 1.21 bits per heavy atom. The zero-order valence-corrected chi connectivity index (χ0v) is 17.6. The molecule has 1 saturated heterocycles. The van der Waals surface area contributed by atoms with Crippen LogP contribution in [0, 0.1) is 0 Å². The molecule has 1 N–H and O–H groups in total. The first-order chi connectivity index (χ1) is 10.7. The molecule has 0 spiro atoms. The van der Waals surface area contributed by atoms with Crippen LogP contribution in [-0.2, 0) is 9.16 Å². The van der Waals surface area contributed by atoms with Gasteiger partial charge in [-0.1, -0.05) is 25.9 Å². The smallest absolute Gasteiger partial charge is 0.410 e. The molecule has 2 atom stereocenters. The Hall–Kier alpha value is -1.08. The monoisotopic (exact) mass is 358 g/mol. The number of hydrogen-bond donors (Lipinski definition) is 1. The molecule has 0 aromatic rings. The second-order valence-corrected chi connectivity index (χ2v) is 13.8. The molecule has 0 radical (unpaired) electrons. The molecule has 2 unspecified atom stereocenters. The summed E-state index contributed by atoms with van der Waals surface area (Å²) in [7, 11) is -2.00. The molecule has 1 aliphatic rings. The van der Waals surface area contributed by atoms with Gasteiger partial charge >= 0.3 is 6.09 Å². The van der Waals surface area contributed by atoms with E-state index in [-0.39, 0.29) is 17.2 Å². The summed E-state index contributed by atoms with van der Waals surface area (Å²) in [6.45, 7) is 18.7. The van der Waals surface area contributed by atoms with Crippen LogP contribution in [0.5, 0.6) is 0 Å². The first-order valence-corrected chi connectivity index (χ1v) is 11.5. The number of amides is 1. The van der Waals surface area contributed by atoms with E-state index in [2.05, 4.69) is 39.0 Å². The van der Waals surface area contributed by atoms with E-state index >= 15 is 0 Å². The minimum Gasteiger partial charge on any atom is -0.444 e. The van der Waals surface area contributed by atoms with Crippen molar-refractivity contribution in [2.24, 2.45) is 5.16 Å². The maximum Gasteiger partial charge on any atom is 0.410 e. The SMILES string of the molecule is CC(=NO)C1C(O[Si](C)(C)C(C)(C)C)CCN1C(=O)OC(C)(C)C. The summed E-state index contributed by atoms with van der Waals surface area (Å²) in [6.07, 6.45) is 0.148. The molecule has 6 nitrogen and oxygen atoms in total. The van der Waals surface area contributed by atoms with Crippen molar-refractivity contribution in [1.82, 2.24) is 4.90 Å². The van der Waals surface area contributed by atoms with E-state index in [0.717, 1.165) is 0 Å². The Balaban J connectivity index is 3.02. The lowest BCUT2D eigenvalue weighted by Gasteiger charge is -2.40. The van der Waals surface area contributed by atoms with Crippen LogP contribution in [0.3, 0.4) is 0 Å². The molecule has 1 fully saturated rings. The van der Waals surface area contributed by atoms with Crippen molar-refractivity contribution in [1.29, 1.82) is 0 Å². The van der Waals surface area contributed by atoms with Gasteiger partial charge in [0.1, 0.15) is 11.6 Å². The number of oxime groups is 1. The summed E-state index contributed by atoms with van der Waals surface area (Å²) in [6, 6.07) is -0.390. The highest BCUT2D eigenvalue weighted by atomic mass is 28.4. The molecule has 1 rings (SSSR count). The van der Waals surface area contributed by atoms with Gasteiger partial charge in [0.25, 0.3) is 0 Å². The van der Waals surface area contributed by atoms with Crippen LogP contribution in [0.4, 0.5) is 4.79 Å². The molecule has 1 amide bonds. The van der Waals surface area contributed by atoms with E-state index in [0.29, 0.717) is 18.7 Å². The minimum atomic E-state index is -2.00. The fraction of sp³-hybridized carbons (Fsp3) is 0.882. The summed E-state index contributed by atoms with van der Waals surface area (Å²) < 4.78 is 12.0. The summed E-state index contributed by atoms with van der Waals surface area (Å²) in [5.41, 5.74) is -0.0911. The number of nitrogens with zero attached hydrogens (tertiary/aromatic N) is 2. The predicted octanol–water partition coefficient (Wildman–Crippen LogP) is 4.24. The fourth-order valence-electron chi connectivity index (χ4n) is 2.52. The lowest BCUT2D eigenvalue weighted by atomic mass is 10.1. The van der Waals surface area contributed by atoms with Crippen LogP contribution < -0.4 is 0 Å². The normalized spacial score (nSPS) is 23.5. The molecule has 0 aromatic heterocycles. The van der Waals surface area contributed by atoms with E-state index in [1.807, 2.05) is 20.8 Å². The molecule has 0 aliphatic carbocycles. The first-order valence-electron chi connectivity index (χ1n) is 8.55. The van der Waals surface area contributed by atoms with Crippen molar-refractivity contribution in [3.63, 3.8) is 0 Å². The van der Waals surface area contributed by atoms with Gasteiger partial charge in [0, 0.05) is 6.54 Å². The summed E-state index contributed by atoms with van der Waals surface area (Å²) in [5.74, 6) is 0. The van der Waals surface area contributed by atoms with Gasteiger partial charge < -0.3 is 14.4 Å². The molecule has 0 saturated carbocycles. The third kappa shape index (κ3) is 4.96. The van der Waals surface area contributed by atoms with E-state index in [9.17, 15) is 10.0 Å². The molecule has 0 aromatic carbocycles. The Labute approximate surface area is 147 Å². The van der Waals surface area contributed by atoms with Gasteiger partial charge in [-0.15, -0.1) is 0 Å². The number of carbonyl (C=O) groups excluding carboxylic acids is 1. The highest BCUT2D eigenvalue weighted by Gasteiger charge is 2.47. The number of carbonyl (C=O) groups is 1. The molecule has 1 heterocycles. The second-order valence-electron chi connectivity index (χ2n) is 9.07. The maximum atomic E-state index is 12.5. The summed E-state index contributed by atoms with van der Waals surface area (Å²) >= 11 is 0. The zero-order valence-electron chi connectivity index (χ0n) is 16.6. The van der Waals surface area contributed by atoms with E-state index in [1.165, 1.54) is 0 Å². The van der Waals surface area contributed by atoms with Gasteiger partial charge in [0.05, 0.1) is 11.8 Å². The van der Waals surface area contributed by atoms with E-state index in [1.54, 1.807) is 11.8 Å². The van der Waals surface area contributed by atoms with Gasteiger partial charge in [-0.2, -0.15) is 0 Å². The van der Waals surface area contributed by atoms with Gasteiger partial charge in [0.15, 0.2) is 8.32 Å². The quantitative estimate of drug-likeness (QED) is 0.354. The number of likely N-dealkylation sites (tertiary alicyclic amines) is 1. The van der Waals surface area contributed by atoms with Crippen molar-refractivity contribution in [3.05, 3.63) is 0 Å². The first kappa shape index (κ1) is 21.0. The second kappa shape index (κ2) is 7.04. The highest BCUT2D eigenvalue weighted by molar-refractivity contribution is 6.74. The van der Waals surface area contributed by atoms with Gasteiger partial charge in [0.2, 0.25) is 0 Å². The number of hydrogen-bond acceptors (Lipinski definition) is 5. The fourth-order valence-corrected chi connectivity index (χ4v) is 3.88. The lowest BCUT2D eigenvalue weighted by molar-refractivity contribution is 0.0226. The van der Waals surface area contributed by atoms with Crippen LogP contribution in [0.25, 0.3) is 0 Å². The van der Waals surface area contributed by atoms with Gasteiger partial charge in [-0.25, -0.2) is 4.79 Å². The van der Waals surface area contributed by atoms with Crippen LogP contribution in [-0.4, -0.2) is 54.5 Å². The Morgan fingerprint density at radius 2 is 1.75 bits per heavy atom. The van der Waals surface area contributed by atoms with Gasteiger partial charge in [-0.05, 0) is 52.2 Å². The Kier molecular flexibility index (Phi) is 6.14. The minimum absolute atomic E-state index is 0.0706. The average molecular weight is 359 g/mol. The highest BCUT2D eigenvalue weighted by Crippen LogP contribution is 2.39. The molecule has 0 bridgehead atoms. The van der Waals surface area contributed by atoms with Crippen LogP contribution in [0.15, 0.2) is 5.16 Å². The van der Waals surface area contributed by atoms with Crippen molar-refractivity contribution in [2.45, 2.75) is 90.8 Å². The van der Waals surface area contributed by atoms with Crippen molar-refractivity contribution in [2.75, 3.05) is 6.54 Å². The summed E-state index contributed by atoms with van der Waals surface area (Å²) in [5, 5.41) is 12.7. The van der Waals surface area contributed by atoms with Crippen LogP contribution in [0.2, 0.25) is 18.1 Å². The van der Waals surface area contributed by atoms with Crippen LogP contribution >= 0.6 is 0 Å². The average Bonchev–Trinajstić information content (AvgIpc) is 2.77. The number of ether oxygens (including phenoxy) is 1. The zero-order chi connectivity index (χ0) is 18.9. The van der Waals surface area contributed by atoms with E-state index < -0.39 is 20.0 Å². The number of rotatable bonds is 3. The van der Waals surface area contributed by atoms with E-state index in [4.69, 9.17) is 9.16 Å². The molecule has 1 aliphatic heterocycles. The third-order valence-corrected chi connectivity index (χ3v) is 9.31. The molecule has 140 valence electrons. The molecule has 7 heteroatoms. The molecular formula is C17H34N2O4Si. The Bertz CT molecular complexity index is 492. The lowest BCUT2D eigenvalue weighted by Crippen LogP contribution is -2.51. The predicted molar refractivity (Wildman–Crippen MR) is 98.3 cm³/mol. The van der Waals surface area contributed by atoms with Gasteiger partial charge in [-0.3, -0.25) is 4.90 Å². The third-order valence-electron chi connectivity index (χ3n) is 4.81. The topological polar surface area (TPSA) is 71.4 Å². The van der Waals surface area contributed by atoms with Crippen LogP contribution in [0.1, 0.15) is 54.9 Å². The largest absolute Gasteiger partial charge is 0.444 e.